The van der Waals surface area contributed by atoms with E-state index in [1.54, 1.807) is 30.3 Å². The van der Waals surface area contributed by atoms with Gasteiger partial charge in [0.05, 0.1) is 5.52 Å². The number of amides is 1. The number of nitrogens with one attached hydrogen (secondary N) is 1. The number of hydrogen-bond acceptors (Lipinski definition) is 5. The maximum absolute atomic E-state index is 12.1. The van der Waals surface area contributed by atoms with Gasteiger partial charge in [-0.05, 0) is 18.2 Å². The summed E-state index contributed by atoms with van der Waals surface area (Å²) < 4.78 is 5.42. The number of furan rings is 1. The van der Waals surface area contributed by atoms with Gasteiger partial charge in [-0.3, -0.25) is 4.79 Å². The van der Waals surface area contributed by atoms with Crippen LogP contribution in [0.15, 0.2) is 63.2 Å². The Balaban J connectivity index is 1.71. The molecule has 7 heteroatoms. The Bertz CT molecular complexity index is 1070. The van der Waals surface area contributed by atoms with E-state index in [1.807, 2.05) is 12.1 Å². The Morgan fingerprint density at radius 3 is 2.75 bits per heavy atom. The first kappa shape index (κ1) is 14.0. The molecule has 118 valence electrons. The highest BCUT2D eigenvalue weighted by atomic mass is 16.3. The van der Waals surface area contributed by atoms with Crippen LogP contribution >= 0.6 is 0 Å². The van der Waals surface area contributed by atoms with Gasteiger partial charge in [-0.2, -0.15) is 0 Å². The molecule has 4 aromatic rings. The number of aromatic amines is 1. The fourth-order valence-corrected chi connectivity index (χ4v) is 2.51. The molecule has 0 aliphatic carbocycles. The van der Waals surface area contributed by atoms with Crippen molar-refractivity contribution in [2.45, 2.75) is 0 Å². The maximum atomic E-state index is 12.1. The van der Waals surface area contributed by atoms with Gasteiger partial charge in [0.2, 0.25) is 5.88 Å². The molecule has 0 unspecified atom stereocenters. The number of azo groups is 1. The van der Waals surface area contributed by atoms with Crippen LogP contribution in [-0.4, -0.2) is 21.1 Å². The van der Waals surface area contributed by atoms with E-state index in [2.05, 4.69) is 15.2 Å². The number of nitrogens with zero attached hydrogens (tertiary/aromatic N) is 2. The van der Waals surface area contributed by atoms with E-state index in [1.165, 1.54) is 6.07 Å². The molecule has 1 amide bonds. The second-order valence-corrected chi connectivity index (χ2v) is 5.18. The number of fused-ring (bicyclic) bond motifs is 2. The van der Waals surface area contributed by atoms with Gasteiger partial charge in [-0.25, -0.2) is 0 Å². The van der Waals surface area contributed by atoms with Crippen molar-refractivity contribution >= 4 is 33.5 Å². The third kappa shape index (κ3) is 2.19. The van der Waals surface area contributed by atoms with E-state index in [0.717, 1.165) is 5.39 Å². The van der Waals surface area contributed by atoms with Crippen molar-refractivity contribution < 1.29 is 19.4 Å². The number of para-hydroxylation sites is 2. The monoisotopic (exact) mass is 321 g/mol. The minimum atomic E-state index is -0.667. The lowest BCUT2D eigenvalue weighted by Crippen LogP contribution is -1.89. The molecule has 24 heavy (non-hydrogen) atoms. The molecule has 0 atom stereocenters. The second kappa shape index (κ2) is 5.24. The molecule has 0 aliphatic rings. The van der Waals surface area contributed by atoms with Crippen molar-refractivity contribution in [2.75, 3.05) is 0 Å². The molecule has 0 saturated heterocycles. The molecule has 0 radical (unpaired) electrons. The van der Waals surface area contributed by atoms with Gasteiger partial charge in [-0.1, -0.05) is 30.3 Å². The second-order valence-electron chi connectivity index (χ2n) is 5.18. The number of aromatic hydroxyl groups is 2. The summed E-state index contributed by atoms with van der Waals surface area (Å²) in [6, 6.07) is 13.5. The summed E-state index contributed by atoms with van der Waals surface area (Å²) in [5, 5.41) is 28.3. The molecule has 2 aromatic carbocycles. The fourth-order valence-electron chi connectivity index (χ4n) is 2.51. The molecule has 7 nitrogen and oxygen atoms in total. The van der Waals surface area contributed by atoms with Crippen LogP contribution in [0.5, 0.6) is 11.6 Å². The highest BCUT2D eigenvalue weighted by Gasteiger charge is 2.15. The maximum Gasteiger partial charge on any atom is 0.331 e. The predicted octanol–water partition coefficient (Wildman–Crippen LogP) is 4.25. The van der Waals surface area contributed by atoms with Crippen LogP contribution in [0.3, 0.4) is 0 Å². The highest BCUT2D eigenvalue weighted by molar-refractivity contribution is 5.99. The Labute approximate surface area is 134 Å². The largest absolute Gasteiger partial charge is 0.506 e. The summed E-state index contributed by atoms with van der Waals surface area (Å²) in [6.07, 6.45) is 0. The van der Waals surface area contributed by atoms with E-state index in [4.69, 9.17) is 4.42 Å². The third-order valence-corrected chi connectivity index (χ3v) is 3.64. The third-order valence-electron chi connectivity index (χ3n) is 3.64. The summed E-state index contributed by atoms with van der Waals surface area (Å²) >= 11 is 0. The van der Waals surface area contributed by atoms with Crippen molar-refractivity contribution in [3.8, 4) is 11.6 Å². The number of aromatic nitrogens is 1. The first-order valence-electron chi connectivity index (χ1n) is 7.11. The van der Waals surface area contributed by atoms with Crippen molar-refractivity contribution in [2.24, 2.45) is 10.2 Å². The van der Waals surface area contributed by atoms with Gasteiger partial charge in [-0.15, -0.1) is 10.2 Å². The minimum absolute atomic E-state index is 0.0344. The zero-order valence-corrected chi connectivity index (χ0v) is 12.2. The molecule has 4 rings (SSSR count). The smallest absolute Gasteiger partial charge is 0.331 e. The van der Waals surface area contributed by atoms with Gasteiger partial charge in [0.1, 0.15) is 11.3 Å². The number of rotatable bonds is 2. The van der Waals surface area contributed by atoms with Crippen LogP contribution in [0.2, 0.25) is 0 Å². The quantitative estimate of drug-likeness (QED) is 0.479. The van der Waals surface area contributed by atoms with Gasteiger partial charge in [0.15, 0.2) is 11.4 Å². The number of benzene rings is 2. The van der Waals surface area contributed by atoms with Gasteiger partial charge in [0.25, 0.3) is 0 Å². The molecule has 0 bridgehead atoms. The van der Waals surface area contributed by atoms with Gasteiger partial charge < -0.3 is 19.6 Å². The average Bonchev–Trinajstić information content (AvgIpc) is 3.14. The Hall–Kier alpha value is -3.61. The Kier molecular flexibility index (Phi) is 3.06. The number of carbonyl (C=O) groups is 1. The summed E-state index contributed by atoms with van der Waals surface area (Å²) in [7, 11) is 0. The first-order valence-corrected chi connectivity index (χ1v) is 7.11. The van der Waals surface area contributed by atoms with Crippen molar-refractivity contribution in [1.82, 2.24) is 4.98 Å². The lowest BCUT2D eigenvalue weighted by Gasteiger charge is -1.93. The molecule has 2 aromatic heterocycles. The molecule has 3 N–H and O–H groups in total. The molecule has 0 aliphatic heterocycles. The molecule has 2 heterocycles. The van der Waals surface area contributed by atoms with E-state index in [9.17, 15) is 15.0 Å². The lowest BCUT2D eigenvalue weighted by atomic mass is 10.2. The fraction of sp³-hybridized carbons (Fsp3) is 0. The molecular weight excluding hydrogens is 310 g/mol. The highest BCUT2D eigenvalue weighted by Crippen LogP contribution is 2.38. The lowest BCUT2D eigenvalue weighted by molar-refractivity contribution is 0.0970. The summed E-state index contributed by atoms with van der Waals surface area (Å²) in [5.74, 6) is -0.928. The number of H-pyrrole nitrogens is 1. The van der Waals surface area contributed by atoms with Crippen molar-refractivity contribution in [1.29, 1.82) is 0 Å². The number of phenols is 1. The van der Waals surface area contributed by atoms with Crippen LogP contribution in [-0.2, 0) is 0 Å². The van der Waals surface area contributed by atoms with Crippen LogP contribution in [0.4, 0.5) is 5.69 Å². The average molecular weight is 321 g/mol. The molecule has 0 spiro atoms. The number of phenolic OH excluding ortho intramolecular Hbond substituents is 1. The summed E-state index contributed by atoms with van der Waals surface area (Å²) in [4.78, 5) is 14.7. The molecule has 0 saturated carbocycles. The number of carbonyl (C=O) groups excluding carboxylic acids is 1. The number of hydrogen-bond donors (Lipinski definition) is 3. The Morgan fingerprint density at radius 1 is 1.08 bits per heavy atom. The van der Waals surface area contributed by atoms with Gasteiger partial charge >= 0.3 is 5.91 Å². The van der Waals surface area contributed by atoms with Gasteiger partial charge in [0, 0.05) is 10.8 Å². The zero-order chi connectivity index (χ0) is 16.7. The molecule has 0 fully saturated rings. The standard InChI is InChI=1S/C17H11N3O4/c21-11-6-3-5-10-14(11)18-17(23)15(10)19-20-16(22)13-8-9-4-1-2-7-12(9)24-13/h1-8,18,21,23H. The minimum Gasteiger partial charge on any atom is -0.506 e. The molecular formula is C17H11N3O4. The SMILES string of the molecule is O=C(N=Nc1c(O)[nH]c2c(O)cccc12)c1cc2ccccc2o1. The predicted molar refractivity (Wildman–Crippen MR) is 86.7 cm³/mol. The Morgan fingerprint density at radius 2 is 1.92 bits per heavy atom. The summed E-state index contributed by atoms with van der Waals surface area (Å²) in [6.45, 7) is 0. The first-order chi connectivity index (χ1) is 11.6. The zero-order valence-electron chi connectivity index (χ0n) is 12.2. The van der Waals surface area contributed by atoms with Crippen LogP contribution in [0, 0.1) is 0 Å². The van der Waals surface area contributed by atoms with E-state index in [-0.39, 0.29) is 23.1 Å². The van der Waals surface area contributed by atoms with Crippen LogP contribution in [0.1, 0.15) is 10.6 Å². The van der Waals surface area contributed by atoms with E-state index in [0.29, 0.717) is 16.5 Å². The van der Waals surface area contributed by atoms with Crippen LogP contribution in [0.25, 0.3) is 21.9 Å². The normalized spacial score (nSPS) is 11.7. The van der Waals surface area contributed by atoms with Crippen molar-refractivity contribution in [3.63, 3.8) is 0 Å². The topological polar surface area (TPSA) is 111 Å². The van der Waals surface area contributed by atoms with E-state index >= 15 is 0 Å². The van der Waals surface area contributed by atoms with Crippen molar-refractivity contribution in [3.05, 3.63) is 54.3 Å². The summed E-state index contributed by atoms with van der Waals surface area (Å²) in [5.41, 5.74) is 0.974. The van der Waals surface area contributed by atoms with E-state index < -0.39 is 5.91 Å². The van der Waals surface area contributed by atoms with Crippen LogP contribution < -0.4 is 0 Å².